The van der Waals surface area contributed by atoms with E-state index < -0.39 is 34.6 Å². The highest BCUT2D eigenvalue weighted by molar-refractivity contribution is 9.09. The van der Waals surface area contributed by atoms with E-state index in [0.29, 0.717) is 34.0 Å². The van der Waals surface area contributed by atoms with Gasteiger partial charge in [-0.15, -0.1) is 0 Å². The maximum atomic E-state index is 17.9. The van der Waals surface area contributed by atoms with E-state index in [-0.39, 0.29) is 6.42 Å². The molecule has 168 valence electrons. The Morgan fingerprint density at radius 3 is 1.88 bits per heavy atom. The Morgan fingerprint density at radius 2 is 1.30 bits per heavy atom. The van der Waals surface area contributed by atoms with Gasteiger partial charge in [-0.3, -0.25) is 0 Å². The second kappa shape index (κ2) is 6.97. The maximum absolute atomic E-state index is 17.9. The molecule has 0 saturated carbocycles. The van der Waals surface area contributed by atoms with Crippen LogP contribution in [0, 0.1) is 0 Å². The van der Waals surface area contributed by atoms with Crippen molar-refractivity contribution in [2.75, 3.05) is 5.33 Å². The van der Waals surface area contributed by atoms with Gasteiger partial charge in [0.25, 0.3) is 5.67 Å². The molecule has 33 heavy (non-hydrogen) atoms. The van der Waals surface area contributed by atoms with Crippen LogP contribution in [0.25, 0.3) is 0 Å². The lowest BCUT2D eigenvalue weighted by Gasteiger charge is -2.44. The first-order valence-corrected chi connectivity index (χ1v) is 12.2. The molecule has 3 nitrogen and oxygen atoms in total. The average Bonchev–Trinajstić information content (AvgIpc) is 3.37. The van der Waals surface area contributed by atoms with Crippen molar-refractivity contribution in [1.82, 2.24) is 0 Å². The van der Waals surface area contributed by atoms with Crippen molar-refractivity contribution in [1.29, 1.82) is 0 Å². The standard InChI is InChI=1S/C27H21BrF2O3/c28-17-9-16-22-26(29)24(18-10-3-1-4-11-18)20-14-7-8-15-21(20)25(33-24,19-12-5-2-6-13-19)27(26,30)23(31)32-22/h1-8,10-15,22H,9,16-17H2/t22-,24+,25-,26-,27+/m0/s1. The number of esters is 1. The molecule has 0 radical (unpaired) electrons. The van der Waals surface area contributed by atoms with Gasteiger partial charge in [0, 0.05) is 5.33 Å². The van der Waals surface area contributed by atoms with E-state index in [0.717, 1.165) is 0 Å². The van der Waals surface area contributed by atoms with Gasteiger partial charge in [0.1, 0.15) is 6.10 Å². The number of halogens is 3. The average molecular weight is 511 g/mol. The minimum absolute atomic E-state index is 0.171. The molecule has 0 N–H and O–H groups in total. The largest absolute Gasteiger partial charge is 0.456 e. The number of carbonyl (C=O) groups is 1. The summed E-state index contributed by atoms with van der Waals surface area (Å²) < 4.78 is 47.7. The second-order valence-corrected chi connectivity index (χ2v) is 9.63. The molecule has 3 heterocycles. The predicted molar refractivity (Wildman–Crippen MR) is 123 cm³/mol. The van der Waals surface area contributed by atoms with Crippen LogP contribution in [0.2, 0.25) is 0 Å². The normalized spacial score (nSPS) is 35.8. The number of benzene rings is 3. The highest BCUT2D eigenvalue weighted by atomic mass is 79.9. The lowest BCUT2D eigenvalue weighted by Crippen LogP contribution is -2.66. The van der Waals surface area contributed by atoms with Gasteiger partial charge in [0.05, 0.1) is 0 Å². The Labute approximate surface area is 198 Å². The smallest absolute Gasteiger partial charge is 0.351 e. The number of ether oxygens (including phenoxy) is 2. The molecule has 2 fully saturated rings. The molecule has 6 heteroatoms. The topological polar surface area (TPSA) is 35.5 Å². The lowest BCUT2D eigenvalue weighted by atomic mass is 9.56. The molecule has 0 spiro atoms. The molecule has 0 aliphatic carbocycles. The van der Waals surface area contributed by atoms with Crippen LogP contribution in [0.1, 0.15) is 35.1 Å². The molecule has 3 aliphatic rings. The summed E-state index contributed by atoms with van der Waals surface area (Å²) in [6.07, 6.45) is -0.610. The highest BCUT2D eigenvalue weighted by Crippen LogP contribution is 2.77. The van der Waals surface area contributed by atoms with Crippen LogP contribution in [0.15, 0.2) is 84.9 Å². The van der Waals surface area contributed by atoms with Gasteiger partial charge in [0.15, 0.2) is 11.2 Å². The Morgan fingerprint density at radius 1 is 0.788 bits per heavy atom. The highest BCUT2D eigenvalue weighted by Gasteiger charge is 2.95. The third kappa shape index (κ3) is 2.15. The van der Waals surface area contributed by atoms with Gasteiger partial charge < -0.3 is 9.47 Å². The quantitative estimate of drug-likeness (QED) is 0.324. The van der Waals surface area contributed by atoms with E-state index in [9.17, 15) is 4.79 Å². The minimum Gasteiger partial charge on any atom is -0.456 e. The summed E-state index contributed by atoms with van der Waals surface area (Å²) in [6, 6.07) is 24.5. The molecule has 5 atom stereocenters. The summed E-state index contributed by atoms with van der Waals surface area (Å²) >= 11 is 3.36. The van der Waals surface area contributed by atoms with Crippen molar-refractivity contribution in [2.45, 2.75) is 41.5 Å². The number of alkyl halides is 3. The van der Waals surface area contributed by atoms with Crippen molar-refractivity contribution in [3.05, 3.63) is 107 Å². The summed E-state index contributed by atoms with van der Waals surface area (Å²) in [6.45, 7) is 0. The third-order valence-corrected chi connectivity index (χ3v) is 7.99. The summed E-state index contributed by atoms with van der Waals surface area (Å²) in [5.41, 5.74) is -7.84. The third-order valence-electron chi connectivity index (χ3n) is 7.43. The Kier molecular flexibility index (Phi) is 4.43. The Hall–Kier alpha value is -2.57. The zero-order chi connectivity index (χ0) is 22.9. The SMILES string of the molecule is O=C1O[C@@H](CCCBr)[C@]2(F)[C@]3(c4ccccc4)O[C@@](c4ccccc4)(c4ccccc43)[C@]12F. The number of hydrogen-bond acceptors (Lipinski definition) is 3. The molecule has 3 aromatic carbocycles. The molecule has 3 aliphatic heterocycles. The molecule has 0 amide bonds. The first-order valence-electron chi connectivity index (χ1n) is 11.0. The summed E-state index contributed by atoms with van der Waals surface area (Å²) in [5.74, 6) is -1.21. The van der Waals surface area contributed by atoms with Gasteiger partial charge in [0.2, 0.25) is 5.67 Å². The Balaban J connectivity index is 1.76. The van der Waals surface area contributed by atoms with Gasteiger partial charge in [-0.25, -0.2) is 13.6 Å². The van der Waals surface area contributed by atoms with E-state index >= 15 is 8.78 Å². The molecule has 0 aromatic heterocycles. The van der Waals surface area contributed by atoms with Crippen molar-refractivity contribution >= 4 is 21.9 Å². The van der Waals surface area contributed by atoms with Crippen LogP contribution < -0.4 is 0 Å². The zero-order valence-corrected chi connectivity index (χ0v) is 19.2. The fraction of sp³-hybridized carbons (Fsp3) is 0.296. The maximum Gasteiger partial charge on any atom is 0.351 e. The van der Waals surface area contributed by atoms with Crippen LogP contribution in [0.3, 0.4) is 0 Å². The van der Waals surface area contributed by atoms with Crippen molar-refractivity contribution in [3.63, 3.8) is 0 Å². The number of carbonyl (C=O) groups excluding carboxylic acids is 1. The fourth-order valence-electron chi connectivity index (χ4n) is 6.20. The molecular formula is C27H21BrF2O3. The van der Waals surface area contributed by atoms with Crippen LogP contribution in [-0.4, -0.2) is 28.7 Å². The van der Waals surface area contributed by atoms with Crippen LogP contribution in [-0.2, 0) is 25.5 Å². The van der Waals surface area contributed by atoms with E-state index in [1.54, 1.807) is 78.9 Å². The van der Waals surface area contributed by atoms with Crippen molar-refractivity contribution < 1.29 is 23.0 Å². The zero-order valence-electron chi connectivity index (χ0n) is 17.6. The van der Waals surface area contributed by atoms with E-state index in [4.69, 9.17) is 9.47 Å². The molecular weight excluding hydrogens is 490 g/mol. The first-order chi connectivity index (χ1) is 16.0. The predicted octanol–water partition coefficient (Wildman–Crippen LogP) is 5.73. The number of cyclic esters (lactones) is 1. The monoisotopic (exact) mass is 510 g/mol. The summed E-state index contributed by atoms with van der Waals surface area (Å²) in [5, 5.41) is 0.579. The van der Waals surface area contributed by atoms with Gasteiger partial charge in [-0.1, -0.05) is 101 Å². The molecule has 3 aromatic rings. The first kappa shape index (κ1) is 21.0. The van der Waals surface area contributed by atoms with Gasteiger partial charge in [-0.2, -0.15) is 0 Å². The van der Waals surface area contributed by atoms with E-state index in [1.807, 2.05) is 6.07 Å². The Bertz CT molecular complexity index is 1240. The second-order valence-electron chi connectivity index (χ2n) is 8.84. The van der Waals surface area contributed by atoms with E-state index in [2.05, 4.69) is 15.9 Å². The molecule has 2 saturated heterocycles. The van der Waals surface area contributed by atoms with Crippen molar-refractivity contribution in [3.8, 4) is 0 Å². The van der Waals surface area contributed by atoms with Crippen LogP contribution >= 0.6 is 15.9 Å². The summed E-state index contributed by atoms with van der Waals surface area (Å²) in [4.78, 5) is 13.4. The fourth-order valence-corrected chi connectivity index (χ4v) is 6.52. The van der Waals surface area contributed by atoms with Crippen LogP contribution in [0.4, 0.5) is 8.78 Å². The van der Waals surface area contributed by atoms with Crippen molar-refractivity contribution in [2.24, 2.45) is 0 Å². The lowest BCUT2D eigenvalue weighted by molar-refractivity contribution is -0.166. The molecule has 2 bridgehead atoms. The molecule has 6 rings (SSSR count). The number of fused-ring (bicyclic) bond motifs is 8. The van der Waals surface area contributed by atoms with E-state index in [1.165, 1.54) is 0 Å². The summed E-state index contributed by atoms with van der Waals surface area (Å²) in [7, 11) is 0. The van der Waals surface area contributed by atoms with Gasteiger partial charge >= 0.3 is 5.97 Å². The molecule has 0 unspecified atom stereocenters. The number of rotatable bonds is 5. The number of hydrogen-bond donors (Lipinski definition) is 0. The minimum atomic E-state index is -3.07. The van der Waals surface area contributed by atoms with Gasteiger partial charge in [-0.05, 0) is 35.1 Å². The van der Waals surface area contributed by atoms with Crippen LogP contribution in [0.5, 0.6) is 0 Å².